The minimum atomic E-state index is 0.973. The quantitative estimate of drug-likeness (QED) is 0.592. The zero-order valence-corrected chi connectivity index (χ0v) is 12.3. The average molecular weight is 236 g/mol. The first-order valence-corrected chi connectivity index (χ1v) is 8.20. The van der Waals surface area contributed by atoms with Crippen LogP contribution in [0.25, 0.3) is 0 Å². The minimum absolute atomic E-state index is 0.973. The van der Waals surface area contributed by atoms with Gasteiger partial charge in [0.2, 0.25) is 0 Å². The molecule has 0 amide bonds. The standard InChI is InChI=1S/C17H32/c1-4-14(3)15-8-10-16(11-9-15)17-7-5-6-13(2)12-17/h13-17H,4-12H2,1-3H3. The third-order valence-electron chi connectivity index (χ3n) is 5.91. The molecule has 0 heteroatoms. The van der Waals surface area contributed by atoms with E-state index in [2.05, 4.69) is 20.8 Å². The first kappa shape index (κ1) is 13.4. The monoisotopic (exact) mass is 236 g/mol. The van der Waals surface area contributed by atoms with E-state index >= 15 is 0 Å². The Morgan fingerprint density at radius 3 is 2.24 bits per heavy atom. The normalized spacial score (nSPS) is 41.1. The molecule has 0 bridgehead atoms. The maximum atomic E-state index is 2.47. The number of hydrogen-bond donors (Lipinski definition) is 0. The molecule has 2 rings (SSSR count). The summed E-state index contributed by atoms with van der Waals surface area (Å²) >= 11 is 0. The lowest BCUT2D eigenvalue weighted by Crippen LogP contribution is -2.27. The second kappa shape index (κ2) is 6.25. The zero-order chi connectivity index (χ0) is 12.3. The average Bonchev–Trinajstić information content (AvgIpc) is 2.38. The fourth-order valence-electron chi connectivity index (χ4n) is 4.43. The summed E-state index contributed by atoms with van der Waals surface area (Å²) in [4.78, 5) is 0. The van der Waals surface area contributed by atoms with E-state index in [1.807, 2.05) is 0 Å². The van der Waals surface area contributed by atoms with Crippen LogP contribution in [0.4, 0.5) is 0 Å². The van der Waals surface area contributed by atoms with Gasteiger partial charge in [0.1, 0.15) is 0 Å². The lowest BCUT2D eigenvalue weighted by Gasteiger charge is -2.39. The summed E-state index contributed by atoms with van der Waals surface area (Å²) in [6.07, 6.45) is 13.6. The summed E-state index contributed by atoms with van der Waals surface area (Å²) in [5.41, 5.74) is 0. The van der Waals surface area contributed by atoms with Crippen LogP contribution in [0.3, 0.4) is 0 Å². The van der Waals surface area contributed by atoms with Crippen molar-refractivity contribution >= 4 is 0 Å². The van der Waals surface area contributed by atoms with Gasteiger partial charge in [-0.2, -0.15) is 0 Å². The van der Waals surface area contributed by atoms with E-state index < -0.39 is 0 Å². The molecule has 3 unspecified atom stereocenters. The smallest absolute Gasteiger partial charge is 0.0383 e. The Labute approximate surface area is 109 Å². The van der Waals surface area contributed by atoms with Crippen LogP contribution in [-0.4, -0.2) is 0 Å². The summed E-state index contributed by atoms with van der Waals surface area (Å²) in [5.74, 6) is 5.23. The van der Waals surface area contributed by atoms with Crippen LogP contribution < -0.4 is 0 Å². The van der Waals surface area contributed by atoms with Crippen LogP contribution in [-0.2, 0) is 0 Å². The predicted molar refractivity (Wildman–Crippen MR) is 76.0 cm³/mol. The van der Waals surface area contributed by atoms with E-state index in [0.29, 0.717) is 0 Å². The topological polar surface area (TPSA) is 0 Å². The molecular weight excluding hydrogens is 204 g/mol. The highest BCUT2D eigenvalue weighted by atomic mass is 14.4. The molecule has 17 heavy (non-hydrogen) atoms. The van der Waals surface area contributed by atoms with Gasteiger partial charge in [-0.05, 0) is 61.7 Å². The van der Waals surface area contributed by atoms with Gasteiger partial charge >= 0.3 is 0 Å². The molecule has 0 radical (unpaired) electrons. The highest BCUT2D eigenvalue weighted by molar-refractivity contribution is 4.82. The maximum absolute atomic E-state index is 2.47. The summed E-state index contributed by atoms with van der Waals surface area (Å²) in [6, 6.07) is 0. The van der Waals surface area contributed by atoms with Gasteiger partial charge in [-0.25, -0.2) is 0 Å². The van der Waals surface area contributed by atoms with Crippen LogP contribution in [0.1, 0.15) is 78.6 Å². The third-order valence-corrected chi connectivity index (χ3v) is 5.91. The van der Waals surface area contributed by atoms with E-state index in [9.17, 15) is 0 Å². The zero-order valence-electron chi connectivity index (χ0n) is 12.3. The summed E-state index contributed by atoms with van der Waals surface area (Å²) in [5, 5.41) is 0. The second-order valence-electron chi connectivity index (χ2n) is 7.09. The Morgan fingerprint density at radius 1 is 0.941 bits per heavy atom. The van der Waals surface area contributed by atoms with Gasteiger partial charge in [0, 0.05) is 0 Å². The molecule has 100 valence electrons. The summed E-state index contributed by atoms with van der Waals surface area (Å²) in [7, 11) is 0. The van der Waals surface area contributed by atoms with Gasteiger partial charge in [0.15, 0.2) is 0 Å². The van der Waals surface area contributed by atoms with Crippen LogP contribution in [0.15, 0.2) is 0 Å². The molecule has 0 aromatic carbocycles. The molecule has 2 saturated carbocycles. The lowest BCUT2D eigenvalue weighted by molar-refractivity contribution is 0.126. The molecule has 0 aromatic heterocycles. The van der Waals surface area contributed by atoms with Gasteiger partial charge < -0.3 is 0 Å². The Bertz CT molecular complexity index is 212. The lowest BCUT2D eigenvalue weighted by atomic mass is 9.67. The van der Waals surface area contributed by atoms with Crippen molar-refractivity contribution in [3.05, 3.63) is 0 Å². The second-order valence-corrected chi connectivity index (χ2v) is 7.09. The molecule has 0 saturated heterocycles. The van der Waals surface area contributed by atoms with Crippen molar-refractivity contribution in [3.8, 4) is 0 Å². The van der Waals surface area contributed by atoms with Crippen molar-refractivity contribution in [1.29, 1.82) is 0 Å². The van der Waals surface area contributed by atoms with Crippen LogP contribution >= 0.6 is 0 Å². The van der Waals surface area contributed by atoms with Crippen molar-refractivity contribution in [2.45, 2.75) is 78.6 Å². The minimum Gasteiger partial charge on any atom is -0.0651 e. The fraction of sp³-hybridized carbons (Fsp3) is 1.00. The third kappa shape index (κ3) is 3.48. The van der Waals surface area contributed by atoms with Gasteiger partial charge in [-0.3, -0.25) is 0 Å². The number of hydrogen-bond acceptors (Lipinski definition) is 0. The van der Waals surface area contributed by atoms with Crippen LogP contribution in [0, 0.1) is 29.6 Å². The largest absolute Gasteiger partial charge is 0.0651 e. The summed E-state index contributed by atoms with van der Waals surface area (Å²) < 4.78 is 0. The van der Waals surface area contributed by atoms with E-state index in [0.717, 1.165) is 29.6 Å². The Morgan fingerprint density at radius 2 is 1.65 bits per heavy atom. The molecule has 2 aliphatic carbocycles. The van der Waals surface area contributed by atoms with Crippen molar-refractivity contribution in [2.75, 3.05) is 0 Å². The van der Waals surface area contributed by atoms with Gasteiger partial charge in [-0.15, -0.1) is 0 Å². The van der Waals surface area contributed by atoms with E-state index in [-0.39, 0.29) is 0 Å². The molecule has 0 heterocycles. The molecule has 2 fully saturated rings. The van der Waals surface area contributed by atoms with Crippen molar-refractivity contribution < 1.29 is 0 Å². The first-order valence-electron chi connectivity index (χ1n) is 8.20. The molecule has 0 aromatic rings. The van der Waals surface area contributed by atoms with Crippen molar-refractivity contribution in [2.24, 2.45) is 29.6 Å². The molecule has 0 N–H and O–H groups in total. The van der Waals surface area contributed by atoms with E-state index in [1.165, 1.54) is 32.1 Å². The van der Waals surface area contributed by atoms with Crippen LogP contribution in [0.5, 0.6) is 0 Å². The van der Waals surface area contributed by atoms with Gasteiger partial charge in [-0.1, -0.05) is 46.5 Å². The van der Waals surface area contributed by atoms with Gasteiger partial charge in [0.25, 0.3) is 0 Å². The Kier molecular flexibility index (Phi) is 4.94. The highest BCUT2D eigenvalue weighted by Gasteiger charge is 2.31. The molecule has 0 nitrogen and oxygen atoms in total. The summed E-state index contributed by atoms with van der Waals surface area (Å²) in [6.45, 7) is 7.30. The first-order chi connectivity index (χ1) is 8.20. The fourth-order valence-corrected chi connectivity index (χ4v) is 4.43. The Hall–Kier alpha value is 0. The maximum Gasteiger partial charge on any atom is -0.0383 e. The molecule has 3 atom stereocenters. The Balaban J connectivity index is 1.78. The molecular formula is C17H32. The molecule has 0 aliphatic heterocycles. The van der Waals surface area contributed by atoms with E-state index in [1.54, 1.807) is 25.7 Å². The highest BCUT2D eigenvalue weighted by Crippen LogP contribution is 2.43. The van der Waals surface area contributed by atoms with Crippen molar-refractivity contribution in [3.63, 3.8) is 0 Å². The molecule has 2 aliphatic rings. The SMILES string of the molecule is CCC(C)C1CCC(C2CCCC(C)C2)CC1. The van der Waals surface area contributed by atoms with Crippen LogP contribution in [0.2, 0.25) is 0 Å². The van der Waals surface area contributed by atoms with E-state index in [4.69, 9.17) is 0 Å². The molecule has 0 spiro atoms. The predicted octanol–water partition coefficient (Wildman–Crippen LogP) is 5.67. The number of rotatable bonds is 3. The van der Waals surface area contributed by atoms with Gasteiger partial charge in [0.05, 0.1) is 0 Å². The van der Waals surface area contributed by atoms with Crippen molar-refractivity contribution in [1.82, 2.24) is 0 Å².